The highest BCUT2D eigenvalue weighted by atomic mass is 79.9. The summed E-state index contributed by atoms with van der Waals surface area (Å²) < 4.78 is 4.04. The van der Waals surface area contributed by atoms with E-state index in [9.17, 15) is 9.59 Å². The molecule has 3 aromatic heterocycles. The van der Waals surface area contributed by atoms with Gasteiger partial charge in [-0.2, -0.15) is 0 Å². The smallest absolute Gasteiger partial charge is 0.284 e. The Kier molecular flexibility index (Phi) is 4.67. The van der Waals surface area contributed by atoms with Crippen LogP contribution in [0.15, 0.2) is 50.0 Å². The molecule has 29 heavy (non-hydrogen) atoms. The van der Waals surface area contributed by atoms with Crippen LogP contribution in [0, 0.1) is 12.8 Å². The molecule has 7 heteroatoms. The molecule has 1 aromatic carbocycles. The fourth-order valence-corrected chi connectivity index (χ4v) is 6.11. The van der Waals surface area contributed by atoms with Gasteiger partial charge in [-0.3, -0.25) is 14.3 Å². The number of fused-ring (bicyclic) bond motifs is 2. The predicted octanol–water partition coefficient (Wildman–Crippen LogP) is 5.02. The van der Waals surface area contributed by atoms with Gasteiger partial charge in [0.15, 0.2) is 0 Å². The van der Waals surface area contributed by atoms with Crippen LogP contribution < -0.4 is 11.2 Å². The summed E-state index contributed by atoms with van der Waals surface area (Å²) in [5.41, 5.74) is 0.880. The van der Waals surface area contributed by atoms with Crippen molar-refractivity contribution in [1.29, 1.82) is 0 Å². The summed E-state index contributed by atoms with van der Waals surface area (Å²) >= 11 is 5.05. The molecule has 0 spiro atoms. The number of hydrogen-bond acceptors (Lipinski definition) is 4. The number of hydrogen-bond donors (Lipinski definition) is 0. The van der Waals surface area contributed by atoms with Crippen LogP contribution in [0.3, 0.4) is 0 Å². The lowest BCUT2D eigenvalue weighted by Gasteiger charge is -2.16. The summed E-state index contributed by atoms with van der Waals surface area (Å²) in [5.74, 6) is 0.480. The predicted molar refractivity (Wildman–Crippen MR) is 121 cm³/mol. The second kappa shape index (κ2) is 7.22. The molecule has 0 saturated heterocycles. The van der Waals surface area contributed by atoms with E-state index in [1.165, 1.54) is 28.7 Å². The second-order valence-corrected chi connectivity index (χ2v) is 10.1. The van der Waals surface area contributed by atoms with E-state index in [-0.39, 0.29) is 11.2 Å². The molecular weight excluding hydrogens is 450 g/mol. The van der Waals surface area contributed by atoms with Gasteiger partial charge in [0.05, 0.1) is 21.1 Å². The highest BCUT2D eigenvalue weighted by molar-refractivity contribution is 9.11. The lowest BCUT2D eigenvalue weighted by molar-refractivity contribution is 0.450. The van der Waals surface area contributed by atoms with E-state index in [0.29, 0.717) is 23.5 Å². The Hall–Kier alpha value is -2.25. The standard InChI is InChI=1S/C22H20BrN3O2S/c1-13-18-20(27)26(17-11-24-10-15-8-4-5-9-16(15)17)22(28)25(21(18)29-19(13)23)12-14-6-2-3-7-14/h4-5,8-11,14H,2-3,6-7,12H2,1H3. The van der Waals surface area contributed by atoms with Crippen molar-refractivity contribution in [2.45, 2.75) is 39.2 Å². The van der Waals surface area contributed by atoms with E-state index >= 15 is 0 Å². The maximum atomic E-state index is 13.6. The summed E-state index contributed by atoms with van der Waals surface area (Å²) in [4.78, 5) is 32.2. The van der Waals surface area contributed by atoms with E-state index < -0.39 is 0 Å². The molecular formula is C22H20BrN3O2S. The van der Waals surface area contributed by atoms with Crippen molar-refractivity contribution in [3.8, 4) is 5.69 Å². The van der Waals surface area contributed by atoms with Crippen LogP contribution in [0.1, 0.15) is 31.2 Å². The van der Waals surface area contributed by atoms with Gasteiger partial charge in [0.2, 0.25) is 0 Å². The van der Waals surface area contributed by atoms with Crippen LogP contribution >= 0.6 is 27.3 Å². The summed E-state index contributed by atoms with van der Waals surface area (Å²) in [6.45, 7) is 2.58. The van der Waals surface area contributed by atoms with Gasteiger partial charge in [0.1, 0.15) is 4.83 Å². The first kappa shape index (κ1) is 18.8. The Morgan fingerprint density at radius 2 is 1.93 bits per heavy atom. The molecule has 1 saturated carbocycles. The van der Waals surface area contributed by atoms with Crippen molar-refractivity contribution in [2.75, 3.05) is 0 Å². The van der Waals surface area contributed by atoms with Crippen LogP contribution in [0.2, 0.25) is 0 Å². The van der Waals surface area contributed by atoms with Crippen molar-refractivity contribution >= 4 is 48.3 Å². The molecule has 5 nitrogen and oxygen atoms in total. The van der Waals surface area contributed by atoms with Gasteiger partial charge in [-0.1, -0.05) is 37.1 Å². The SMILES string of the molecule is Cc1c(Br)sc2c1c(=O)n(-c1cncc3ccccc13)c(=O)n2CC1CCCC1. The van der Waals surface area contributed by atoms with Gasteiger partial charge in [-0.15, -0.1) is 11.3 Å². The quantitative estimate of drug-likeness (QED) is 0.423. The lowest BCUT2D eigenvalue weighted by atomic mass is 10.1. The topological polar surface area (TPSA) is 56.9 Å². The van der Waals surface area contributed by atoms with Crippen molar-refractivity contribution in [3.05, 3.63) is 66.8 Å². The van der Waals surface area contributed by atoms with E-state index in [1.807, 2.05) is 35.8 Å². The molecule has 0 radical (unpaired) electrons. The van der Waals surface area contributed by atoms with E-state index in [1.54, 1.807) is 12.4 Å². The zero-order valence-corrected chi connectivity index (χ0v) is 18.4. The molecule has 1 aliphatic rings. The number of pyridine rings is 1. The van der Waals surface area contributed by atoms with Crippen LogP contribution in [-0.2, 0) is 6.54 Å². The third-order valence-corrected chi connectivity index (χ3v) is 8.14. The summed E-state index contributed by atoms with van der Waals surface area (Å²) in [6.07, 6.45) is 8.06. The summed E-state index contributed by atoms with van der Waals surface area (Å²) in [6, 6.07) is 7.72. The van der Waals surface area contributed by atoms with Crippen molar-refractivity contribution < 1.29 is 0 Å². The first-order valence-electron chi connectivity index (χ1n) is 9.84. The van der Waals surface area contributed by atoms with Crippen molar-refractivity contribution in [2.24, 2.45) is 5.92 Å². The number of aromatic nitrogens is 3. The summed E-state index contributed by atoms with van der Waals surface area (Å²) in [5, 5.41) is 2.37. The molecule has 0 aliphatic heterocycles. The van der Waals surface area contributed by atoms with Gasteiger partial charge in [-0.25, -0.2) is 9.36 Å². The maximum Gasteiger partial charge on any atom is 0.336 e. The third kappa shape index (κ3) is 2.99. The third-order valence-electron chi connectivity index (χ3n) is 5.96. The fraction of sp³-hybridized carbons (Fsp3) is 0.318. The monoisotopic (exact) mass is 469 g/mol. The lowest BCUT2D eigenvalue weighted by Crippen LogP contribution is -2.39. The highest BCUT2D eigenvalue weighted by Gasteiger charge is 2.24. The van der Waals surface area contributed by atoms with Gasteiger partial charge < -0.3 is 0 Å². The molecule has 0 atom stereocenters. The van der Waals surface area contributed by atoms with Gasteiger partial charge in [0.25, 0.3) is 5.56 Å². The average molecular weight is 470 g/mol. The molecule has 148 valence electrons. The maximum absolute atomic E-state index is 13.6. The van der Waals surface area contributed by atoms with E-state index in [2.05, 4.69) is 20.9 Å². The Bertz CT molecular complexity index is 1360. The molecule has 3 heterocycles. The number of halogens is 1. The largest absolute Gasteiger partial charge is 0.336 e. The molecule has 0 amide bonds. The Morgan fingerprint density at radius 1 is 1.17 bits per heavy atom. The minimum Gasteiger partial charge on any atom is -0.284 e. The average Bonchev–Trinajstić information content (AvgIpc) is 3.34. The molecule has 0 N–H and O–H groups in total. The molecule has 0 bridgehead atoms. The first-order chi connectivity index (χ1) is 14.1. The van der Waals surface area contributed by atoms with Crippen LogP contribution in [-0.4, -0.2) is 14.1 Å². The Balaban J connectivity index is 1.87. The van der Waals surface area contributed by atoms with Gasteiger partial charge >= 0.3 is 5.69 Å². The Labute approximate surface area is 179 Å². The second-order valence-electron chi connectivity index (χ2n) is 7.74. The number of aryl methyl sites for hydroxylation is 1. The minimum absolute atomic E-state index is 0.273. The summed E-state index contributed by atoms with van der Waals surface area (Å²) in [7, 11) is 0. The van der Waals surface area contributed by atoms with E-state index in [0.717, 1.165) is 37.8 Å². The normalized spacial score (nSPS) is 15.0. The minimum atomic E-state index is -0.277. The number of benzene rings is 1. The first-order valence-corrected chi connectivity index (χ1v) is 11.4. The van der Waals surface area contributed by atoms with Crippen molar-refractivity contribution in [1.82, 2.24) is 14.1 Å². The zero-order chi connectivity index (χ0) is 20.1. The molecule has 0 unspecified atom stereocenters. The number of thiophene rings is 1. The Morgan fingerprint density at radius 3 is 2.72 bits per heavy atom. The highest BCUT2D eigenvalue weighted by Crippen LogP contribution is 2.34. The van der Waals surface area contributed by atoms with Crippen LogP contribution in [0.25, 0.3) is 26.7 Å². The number of nitrogens with zero attached hydrogens (tertiary/aromatic N) is 3. The number of rotatable bonds is 3. The van der Waals surface area contributed by atoms with Crippen LogP contribution in [0.4, 0.5) is 0 Å². The zero-order valence-electron chi connectivity index (χ0n) is 16.0. The van der Waals surface area contributed by atoms with Crippen LogP contribution in [0.5, 0.6) is 0 Å². The molecule has 4 aromatic rings. The fourth-order valence-electron chi connectivity index (χ4n) is 4.42. The van der Waals surface area contributed by atoms with E-state index in [4.69, 9.17) is 0 Å². The molecule has 1 aliphatic carbocycles. The van der Waals surface area contributed by atoms with Gasteiger partial charge in [0, 0.05) is 23.5 Å². The van der Waals surface area contributed by atoms with Gasteiger partial charge in [-0.05, 0) is 47.2 Å². The van der Waals surface area contributed by atoms with Crippen molar-refractivity contribution in [3.63, 3.8) is 0 Å². The molecule has 5 rings (SSSR count). The molecule has 1 fully saturated rings.